The van der Waals surface area contributed by atoms with E-state index < -0.39 is 6.10 Å². The summed E-state index contributed by atoms with van der Waals surface area (Å²) in [6.45, 7) is 9.67. The summed E-state index contributed by atoms with van der Waals surface area (Å²) in [5.74, 6) is -0.172. The van der Waals surface area contributed by atoms with Crippen molar-refractivity contribution in [1.29, 1.82) is 0 Å². The fourth-order valence-corrected chi connectivity index (χ4v) is 1.41. The first-order valence-corrected chi connectivity index (χ1v) is 8.29. The molecule has 0 saturated carbocycles. The Balaban J connectivity index is -0.000000277. The second-order valence-corrected chi connectivity index (χ2v) is 7.86. The Kier molecular flexibility index (Phi) is 19.8. The maximum absolute atomic E-state index is 10.5. The Labute approximate surface area is 152 Å². The van der Waals surface area contributed by atoms with Crippen molar-refractivity contribution >= 4 is 51.0 Å². The molecule has 0 rings (SSSR count). The Morgan fingerprint density at radius 2 is 1.45 bits per heavy atom. The number of carbonyl (C=O) groups excluding carboxylic acids is 1. The van der Waals surface area contributed by atoms with Crippen LogP contribution < -0.4 is 0 Å². The molecule has 4 heteroatoms. The molecule has 0 saturated heterocycles. The van der Waals surface area contributed by atoms with E-state index in [2.05, 4.69) is 78.1 Å². The minimum atomic E-state index is -0.815. The van der Waals surface area contributed by atoms with E-state index in [1.165, 1.54) is 16.1 Å². The zero-order valence-corrected chi connectivity index (χ0v) is 16.7. The Morgan fingerprint density at radius 1 is 1.00 bits per heavy atom. The van der Waals surface area contributed by atoms with Gasteiger partial charge in [0.1, 0.15) is 6.10 Å². The number of hydrogen-bond acceptors (Lipinski definition) is 2. The van der Waals surface area contributed by atoms with Crippen LogP contribution in [0.2, 0.25) is 0 Å². The largest absolute Gasteiger partial charge is 0.385 e. The maximum Gasteiger partial charge on any atom is 0.158 e. The summed E-state index contributed by atoms with van der Waals surface area (Å²) in [6.07, 6.45) is 6.98. The SMILES string of the molecule is C.CC(=O)[C@@H](O)C/C=C(/C)I.CC(C)=CC/C=C(/C)I. The van der Waals surface area contributed by atoms with Crippen molar-refractivity contribution in [3.05, 3.63) is 31.0 Å². The lowest BCUT2D eigenvalue weighted by atomic mass is 10.2. The lowest BCUT2D eigenvalue weighted by Gasteiger charge is -2.00. The molecule has 0 aliphatic heterocycles. The lowest BCUT2D eigenvalue weighted by molar-refractivity contribution is -0.124. The molecule has 0 heterocycles. The molecule has 0 amide bonds. The van der Waals surface area contributed by atoms with Crippen LogP contribution in [0.15, 0.2) is 31.0 Å². The first-order valence-electron chi connectivity index (χ1n) is 6.13. The number of aliphatic hydroxyl groups is 1. The van der Waals surface area contributed by atoms with Crippen molar-refractivity contribution in [2.45, 2.75) is 61.0 Å². The van der Waals surface area contributed by atoms with Crippen LogP contribution in [0.1, 0.15) is 54.9 Å². The molecular formula is C16H28I2O2. The van der Waals surface area contributed by atoms with Gasteiger partial charge in [0.15, 0.2) is 5.78 Å². The Morgan fingerprint density at radius 3 is 1.75 bits per heavy atom. The van der Waals surface area contributed by atoms with Gasteiger partial charge in [-0.3, -0.25) is 4.79 Å². The van der Waals surface area contributed by atoms with Crippen LogP contribution in [0.3, 0.4) is 0 Å². The number of hydrogen-bond donors (Lipinski definition) is 1. The van der Waals surface area contributed by atoms with Gasteiger partial charge in [-0.25, -0.2) is 0 Å². The molecule has 0 fully saturated rings. The number of aliphatic hydroxyl groups excluding tert-OH is 1. The van der Waals surface area contributed by atoms with E-state index in [0.29, 0.717) is 6.42 Å². The number of rotatable bonds is 5. The summed E-state index contributed by atoms with van der Waals surface area (Å²) >= 11 is 4.46. The molecule has 0 aliphatic rings. The van der Waals surface area contributed by atoms with Gasteiger partial charge in [0.2, 0.25) is 0 Å². The van der Waals surface area contributed by atoms with E-state index in [4.69, 9.17) is 5.11 Å². The Hall–Kier alpha value is 0.310. The fraction of sp³-hybridized carbons (Fsp3) is 0.562. The average Bonchev–Trinajstić information content (AvgIpc) is 2.25. The van der Waals surface area contributed by atoms with Crippen LogP contribution in [0.25, 0.3) is 0 Å². The zero-order valence-electron chi connectivity index (χ0n) is 12.3. The molecular weight excluding hydrogens is 478 g/mol. The molecule has 118 valence electrons. The van der Waals surface area contributed by atoms with Crippen molar-refractivity contribution in [2.24, 2.45) is 0 Å². The summed E-state index contributed by atoms with van der Waals surface area (Å²) in [6, 6.07) is 0. The number of carbonyl (C=O) groups is 1. The molecule has 2 nitrogen and oxygen atoms in total. The van der Waals surface area contributed by atoms with Gasteiger partial charge in [-0.1, -0.05) is 31.2 Å². The van der Waals surface area contributed by atoms with Crippen molar-refractivity contribution in [2.75, 3.05) is 0 Å². The van der Waals surface area contributed by atoms with Crippen LogP contribution in [-0.4, -0.2) is 17.0 Å². The second kappa shape index (κ2) is 15.7. The monoisotopic (exact) mass is 506 g/mol. The van der Waals surface area contributed by atoms with Gasteiger partial charge in [0, 0.05) is 0 Å². The minimum Gasteiger partial charge on any atom is -0.385 e. The van der Waals surface area contributed by atoms with Gasteiger partial charge in [0.25, 0.3) is 0 Å². The maximum atomic E-state index is 10.5. The van der Waals surface area contributed by atoms with E-state index >= 15 is 0 Å². The average molecular weight is 506 g/mol. The van der Waals surface area contributed by atoms with Gasteiger partial charge in [-0.2, -0.15) is 0 Å². The van der Waals surface area contributed by atoms with E-state index in [9.17, 15) is 4.79 Å². The molecule has 0 bridgehead atoms. The van der Waals surface area contributed by atoms with Gasteiger partial charge in [-0.15, -0.1) is 0 Å². The predicted octanol–water partition coefficient (Wildman–Crippen LogP) is 5.98. The van der Waals surface area contributed by atoms with Crippen molar-refractivity contribution in [3.8, 4) is 0 Å². The van der Waals surface area contributed by atoms with Gasteiger partial charge in [-0.05, 0) is 99.8 Å². The van der Waals surface area contributed by atoms with E-state index in [-0.39, 0.29) is 13.2 Å². The highest BCUT2D eigenvalue weighted by Crippen LogP contribution is 2.06. The second-order valence-electron chi connectivity index (χ2n) is 4.46. The summed E-state index contributed by atoms with van der Waals surface area (Å²) < 4.78 is 2.46. The fourth-order valence-electron chi connectivity index (χ4n) is 0.897. The third-order valence-corrected chi connectivity index (χ3v) is 2.90. The molecule has 0 aromatic heterocycles. The summed E-state index contributed by atoms with van der Waals surface area (Å²) in [5.41, 5.74) is 1.39. The molecule has 1 atom stereocenters. The molecule has 0 aromatic carbocycles. The van der Waals surface area contributed by atoms with E-state index in [1.54, 1.807) is 0 Å². The summed E-state index contributed by atoms with van der Waals surface area (Å²) in [5, 5.41) is 8.98. The van der Waals surface area contributed by atoms with Crippen LogP contribution in [0, 0.1) is 0 Å². The summed E-state index contributed by atoms with van der Waals surface area (Å²) in [4.78, 5) is 10.5. The molecule has 0 aromatic rings. The molecule has 0 radical (unpaired) electrons. The highest BCUT2D eigenvalue weighted by molar-refractivity contribution is 14.1. The van der Waals surface area contributed by atoms with E-state index in [1.807, 2.05) is 13.0 Å². The quantitative estimate of drug-likeness (QED) is 0.368. The van der Waals surface area contributed by atoms with Crippen molar-refractivity contribution in [3.63, 3.8) is 0 Å². The molecule has 20 heavy (non-hydrogen) atoms. The van der Waals surface area contributed by atoms with Crippen molar-refractivity contribution < 1.29 is 9.90 Å². The normalized spacial score (nSPS) is 12.6. The predicted molar refractivity (Wildman–Crippen MR) is 108 cm³/mol. The number of allylic oxidation sites excluding steroid dienone is 5. The molecule has 1 N–H and O–H groups in total. The molecule has 0 spiro atoms. The number of halogens is 2. The highest BCUT2D eigenvalue weighted by Gasteiger charge is 2.06. The van der Waals surface area contributed by atoms with E-state index in [0.717, 1.165) is 10.0 Å². The first-order chi connectivity index (χ1) is 8.66. The topological polar surface area (TPSA) is 37.3 Å². The van der Waals surface area contributed by atoms with Gasteiger partial charge < -0.3 is 5.11 Å². The number of ketones is 1. The first kappa shape index (κ1) is 25.3. The smallest absolute Gasteiger partial charge is 0.158 e. The lowest BCUT2D eigenvalue weighted by Crippen LogP contribution is -2.15. The summed E-state index contributed by atoms with van der Waals surface area (Å²) in [7, 11) is 0. The van der Waals surface area contributed by atoms with Crippen molar-refractivity contribution in [1.82, 2.24) is 0 Å². The molecule has 0 aliphatic carbocycles. The Bertz CT molecular complexity index is 327. The zero-order chi connectivity index (χ0) is 15.4. The van der Waals surface area contributed by atoms with Gasteiger partial charge >= 0.3 is 0 Å². The third kappa shape index (κ3) is 23.4. The third-order valence-electron chi connectivity index (χ3n) is 2.02. The standard InChI is InChI=1S/C8H13I.C7H11IO2.CH4/c1-7(2)5-4-6-8(3)9;1-5(8)3-4-7(10)6(2)9;/h5-6H,4H2,1-3H3;3,7,10H,4H2,1-2H3;1H4/b8-6-;5-3-;/t;7-;/m.0./s1. The van der Waals surface area contributed by atoms with Crippen LogP contribution >= 0.6 is 45.2 Å². The van der Waals surface area contributed by atoms with Crippen LogP contribution in [0.5, 0.6) is 0 Å². The molecule has 0 unspecified atom stereocenters. The minimum absolute atomic E-state index is 0. The van der Waals surface area contributed by atoms with Crippen LogP contribution in [0.4, 0.5) is 0 Å². The van der Waals surface area contributed by atoms with Crippen LogP contribution in [-0.2, 0) is 4.79 Å². The highest BCUT2D eigenvalue weighted by atomic mass is 127. The van der Waals surface area contributed by atoms with Gasteiger partial charge in [0.05, 0.1) is 0 Å². The number of Topliss-reactive ketones (excluding diaryl/α,β-unsaturated/α-hetero) is 1.